The summed E-state index contributed by atoms with van der Waals surface area (Å²) in [6.45, 7) is 9.53. The van der Waals surface area contributed by atoms with Crippen LogP contribution in [0.25, 0.3) is 0 Å². The molecule has 0 bridgehead atoms. The van der Waals surface area contributed by atoms with E-state index in [2.05, 4.69) is 26.1 Å². The van der Waals surface area contributed by atoms with Gasteiger partial charge in [0.1, 0.15) is 0 Å². The fraction of sp³-hybridized carbons (Fsp3) is 1.00. The highest BCUT2D eigenvalue weighted by molar-refractivity contribution is 8.00. The molecule has 0 saturated carbocycles. The normalized spacial score (nSPS) is 37.3. The molecule has 3 nitrogen and oxygen atoms in total. The highest BCUT2D eigenvalue weighted by Gasteiger charge is 2.50. The van der Waals surface area contributed by atoms with Crippen LogP contribution in [-0.2, 0) is 9.47 Å². The molecule has 0 aromatic rings. The second-order valence-electron chi connectivity index (χ2n) is 6.37. The molecular formula is C14H27NO2S. The maximum absolute atomic E-state index is 6.25. The standard InChI is InChI=1S/C14H27NO2S/c1-11-14(5-8-18-11)12(15-6-7-17-14)9-13(2,3)10-16-4/h11-12,15H,5-10H2,1-4H3. The summed E-state index contributed by atoms with van der Waals surface area (Å²) >= 11 is 2.05. The molecule has 2 aliphatic rings. The van der Waals surface area contributed by atoms with E-state index in [4.69, 9.17) is 9.47 Å². The third-order valence-electron chi connectivity index (χ3n) is 4.29. The van der Waals surface area contributed by atoms with E-state index in [0.29, 0.717) is 11.3 Å². The Hall–Kier alpha value is 0.230. The van der Waals surface area contributed by atoms with Crippen molar-refractivity contribution >= 4 is 11.8 Å². The Balaban J connectivity index is 2.09. The molecule has 3 atom stereocenters. The number of methoxy groups -OCH3 is 1. The smallest absolute Gasteiger partial charge is 0.0958 e. The van der Waals surface area contributed by atoms with Crippen LogP contribution in [0.5, 0.6) is 0 Å². The fourth-order valence-electron chi connectivity index (χ4n) is 3.38. The first kappa shape index (κ1) is 14.6. The van der Waals surface area contributed by atoms with Crippen LogP contribution in [0.2, 0.25) is 0 Å². The Labute approximate surface area is 115 Å². The van der Waals surface area contributed by atoms with E-state index >= 15 is 0 Å². The van der Waals surface area contributed by atoms with Crippen molar-refractivity contribution in [2.75, 3.05) is 32.6 Å². The minimum atomic E-state index is 0.0495. The molecule has 2 heterocycles. The first-order chi connectivity index (χ1) is 8.50. The van der Waals surface area contributed by atoms with Crippen LogP contribution in [0.3, 0.4) is 0 Å². The Morgan fingerprint density at radius 1 is 1.50 bits per heavy atom. The van der Waals surface area contributed by atoms with Gasteiger partial charge in [0, 0.05) is 24.9 Å². The summed E-state index contributed by atoms with van der Waals surface area (Å²) in [6.07, 6.45) is 2.30. The van der Waals surface area contributed by atoms with Crippen LogP contribution in [0.4, 0.5) is 0 Å². The highest BCUT2D eigenvalue weighted by atomic mass is 32.2. The molecule has 2 aliphatic heterocycles. The number of ether oxygens (including phenoxy) is 2. The average molecular weight is 273 g/mol. The van der Waals surface area contributed by atoms with Crippen molar-refractivity contribution in [1.29, 1.82) is 0 Å². The number of rotatable bonds is 4. The maximum atomic E-state index is 6.25. The second-order valence-corrected chi connectivity index (χ2v) is 7.82. The molecule has 18 heavy (non-hydrogen) atoms. The average Bonchev–Trinajstić information content (AvgIpc) is 2.64. The zero-order valence-corrected chi connectivity index (χ0v) is 12.9. The Morgan fingerprint density at radius 2 is 2.28 bits per heavy atom. The predicted octanol–water partition coefficient (Wildman–Crippen LogP) is 2.30. The quantitative estimate of drug-likeness (QED) is 0.851. The van der Waals surface area contributed by atoms with Gasteiger partial charge in [0.2, 0.25) is 0 Å². The molecule has 2 fully saturated rings. The van der Waals surface area contributed by atoms with Crippen molar-refractivity contribution in [3.63, 3.8) is 0 Å². The van der Waals surface area contributed by atoms with Gasteiger partial charge >= 0.3 is 0 Å². The van der Waals surface area contributed by atoms with E-state index in [1.807, 2.05) is 11.8 Å². The van der Waals surface area contributed by atoms with Gasteiger partial charge in [-0.3, -0.25) is 0 Å². The molecule has 0 radical (unpaired) electrons. The van der Waals surface area contributed by atoms with Crippen LogP contribution >= 0.6 is 11.8 Å². The zero-order valence-electron chi connectivity index (χ0n) is 12.1. The largest absolute Gasteiger partial charge is 0.384 e. The lowest BCUT2D eigenvalue weighted by atomic mass is 9.77. The molecule has 2 saturated heterocycles. The highest BCUT2D eigenvalue weighted by Crippen LogP contribution is 2.44. The molecule has 106 valence electrons. The predicted molar refractivity (Wildman–Crippen MR) is 77.3 cm³/mol. The van der Waals surface area contributed by atoms with Gasteiger partial charge in [-0.1, -0.05) is 20.8 Å². The van der Waals surface area contributed by atoms with E-state index in [1.54, 1.807) is 7.11 Å². The third kappa shape index (κ3) is 2.87. The molecule has 0 aromatic carbocycles. The van der Waals surface area contributed by atoms with Crippen molar-refractivity contribution in [2.45, 2.75) is 50.5 Å². The molecular weight excluding hydrogens is 246 g/mol. The summed E-state index contributed by atoms with van der Waals surface area (Å²) in [5.41, 5.74) is 0.251. The molecule has 0 aromatic heterocycles. The van der Waals surface area contributed by atoms with Crippen molar-refractivity contribution < 1.29 is 9.47 Å². The lowest BCUT2D eigenvalue weighted by Gasteiger charge is -2.47. The SMILES string of the molecule is COCC(C)(C)CC1NCCOC12CCSC2C. The van der Waals surface area contributed by atoms with Gasteiger partial charge in [0.15, 0.2) is 0 Å². The lowest BCUT2D eigenvalue weighted by molar-refractivity contribution is -0.104. The number of morpholine rings is 1. The first-order valence-corrected chi connectivity index (χ1v) is 8.03. The molecule has 2 rings (SSSR count). The fourth-order valence-corrected chi connectivity index (χ4v) is 4.80. The second kappa shape index (κ2) is 5.70. The van der Waals surface area contributed by atoms with Crippen LogP contribution in [0.1, 0.15) is 33.6 Å². The molecule has 0 amide bonds. The van der Waals surface area contributed by atoms with Crippen LogP contribution in [0.15, 0.2) is 0 Å². The van der Waals surface area contributed by atoms with Gasteiger partial charge in [0.25, 0.3) is 0 Å². The van der Waals surface area contributed by atoms with Gasteiger partial charge < -0.3 is 14.8 Å². The Bertz CT molecular complexity index is 285. The zero-order chi connectivity index (χ0) is 13.2. The van der Waals surface area contributed by atoms with Gasteiger partial charge in [-0.2, -0.15) is 11.8 Å². The van der Waals surface area contributed by atoms with E-state index in [0.717, 1.165) is 26.2 Å². The number of nitrogens with one attached hydrogen (secondary N) is 1. The molecule has 1 N–H and O–H groups in total. The third-order valence-corrected chi connectivity index (χ3v) is 5.63. The van der Waals surface area contributed by atoms with Crippen molar-refractivity contribution in [3.05, 3.63) is 0 Å². The molecule has 0 aliphatic carbocycles. The molecule has 4 heteroatoms. The van der Waals surface area contributed by atoms with Gasteiger partial charge in [-0.05, 0) is 24.0 Å². The lowest BCUT2D eigenvalue weighted by Crippen LogP contribution is -2.62. The van der Waals surface area contributed by atoms with E-state index < -0.39 is 0 Å². The van der Waals surface area contributed by atoms with Crippen LogP contribution < -0.4 is 5.32 Å². The summed E-state index contributed by atoms with van der Waals surface area (Å²) in [5.74, 6) is 1.23. The molecule has 1 spiro atoms. The van der Waals surface area contributed by atoms with Gasteiger partial charge in [-0.15, -0.1) is 0 Å². The van der Waals surface area contributed by atoms with Crippen molar-refractivity contribution in [1.82, 2.24) is 5.32 Å². The van der Waals surface area contributed by atoms with Crippen molar-refractivity contribution in [3.8, 4) is 0 Å². The summed E-state index contributed by atoms with van der Waals surface area (Å²) in [5, 5.41) is 4.29. The van der Waals surface area contributed by atoms with E-state index in [1.165, 1.54) is 12.2 Å². The minimum absolute atomic E-state index is 0.0495. The number of hydrogen-bond donors (Lipinski definition) is 1. The number of thioether (sulfide) groups is 1. The van der Waals surface area contributed by atoms with Crippen LogP contribution in [-0.4, -0.2) is 49.5 Å². The van der Waals surface area contributed by atoms with E-state index in [-0.39, 0.29) is 11.0 Å². The van der Waals surface area contributed by atoms with Crippen LogP contribution in [0, 0.1) is 5.41 Å². The minimum Gasteiger partial charge on any atom is -0.384 e. The Morgan fingerprint density at radius 3 is 2.89 bits per heavy atom. The summed E-state index contributed by atoms with van der Waals surface area (Å²) in [7, 11) is 1.79. The summed E-state index contributed by atoms with van der Waals surface area (Å²) in [4.78, 5) is 0. The Kier molecular flexibility index (Phi) is 4.63. The maximum Gasteiger partial charge on any atom is 0.0958 e. The summed E-state index contributed by atoms with van der Waals surface area (Å²) in [6, 6.07) is 0.460. The summed E-state index contributed by atoms with van der Waals surface area (Å²) < 4.78 is 11.6. The topological polar surface area (TPSA) is 30.5 Å². The molecule has 3 unspecified atom stereocenters. The van der Waals surface area contributed by atoms with Gasteiger partial charge in [-0.25, -0.2) is 0 Å². The monoisotopic (exact) mass is 273 g/mol. The van der Waals surface area contributed by atoms with Crippen molar-refractivity contribution in [2.24, 2.45) is 5.41 Å². The van der Waals surface area contributed by atoms with E-state index in [9.17, 15) is 0 Å². The first-order valence-electron chi connectivity index (χ1n) is 6.98. The van der Waals surface area contributed by atoms with Gasteiger partial charge in [0.05, 0.1) is 18.8 Å². The number of hydrogen-bond acceptors (Lipinski definition) is 4.